The highest BCUT2D eigenvalue weighted by Crippen LogP contribution is 2.07. The molecule has 0 unspecified atom stereocenters. The van der Waals surface area contributed by atoms with Gasteiger partial charge in [-0.2, -0.15) is 0 Å². The van der Waals surface area contributed by atoms with Crippen LogP contribution in [0.3, 0.4) is 0 Å². The van der Waals surface area contributed by atoms with Crippen LogP contribution in [0.5, 0.6) is 0 Å². The average Bonchev–Trinajstić information content (AvgIpc) is 2.78. The van der Waals surface area contributed by atoms with Crippen molar-refractivity contribution < 1.29 is 14.4 Å². The van der Waals surface area contributed by atoms with E-state index in [4.69, 9.17) is 10.0 Å². The maximum absolute atomic E-state index is 13.9. The van der Waals surface area contributed by atoms with Crippen molar-refractivity contribution in [2.45, 2.75) is 6.54 Å². The van der Waals surface area contributed by atoms with E-state index in [1.165, 1.54) is 16.5 Å². The Balaban J connectivity index is 1.99. The van der Waals surface area contributed by atoms with Gasteiger partial charge in [-0.05, 0) is 23.7 Å². The molecule has 0 aliphatic heterocycles. The van der Waals surface area contributed by atoms with Crippen molar-refractivity contribution in [3.8, 4) is 0 Å². The van der Waals surface area contributed by atoms with Crippen LogP contribution in [0.2, 0.25) is 0 Å². The van der Waals surface area contributed by atoms with Gasteiger partial charge >= 0.3 is 12.8 Å². The first-order chi connectivity index (χ1) is 10.1. The molecule has 0 saturated heterocycles. The standard InChI is InChI=1S/C13H11BFN3O3/c15-11-7-10(14(20)21)5-4-9(11)8-18-13(19)17-6-2-1-3-12(17)16-18/h1-7,20-21H,8H2. The summed E-state index contributed by atoms with van der Waals surface area (Å²) >= 11 is 0. The van der Waals surface area contributed by atoms with E-state index in [-0.39, 0.29) is 23.3 Å². The summed E-state index contributed by atoms with van der Waals surface area (Å²) in [5.74, 6) is -0.621. The Morgan fingerprint density at radius 3 is 2.71 bits per heavy atom. The fourth-order valence-electron chi connectivity index (χ4n) is 2.08. The van der Waals surface area contributed by atoms with Gasteiger partial charge in [0, 0.05) is 11.8 Å². The topological polar surface area (TPSA) is 79.8 Å². The molecular formula is C13H11BFN3O3. The lowest BCUT2D eigenvalue weighted by Crippen LogP contribution is -2.30. The van der Waals surface area contributed by atoms with Crippen molar-refractivity contribution in [3.05, 3.63) is 64.5 Å². The first-order valence-electron chi connectivity index (χ1n) is 6.25. The molecule has 0 radical (unpaired) electrons. The molecule has 2 aromatic heterocycles. The Labute approximate surface area is 118 Å². The second kappa shape index (κ2) is 5.15. The van der Waals surface area contributed by atoms with Gasteiger partial charge in [0.05, 0.1) is 6.54 Å². The van der Waals surface area contributed by atoms with Crippen molar-refractivity contribution in [1.82, 2.24) is 14.2 Å². The molecule has 1 aromatic carbocycles. The van der Waals surface area contributed by atoms with Crippen LogP contribution < -0.4 is 11.2 Å². The molecule has 21 heavy (non-hydrogen) atoms. The Bertz CT molecular complexity index is 859. The second-order valence-corrected chi connectivity index (χ2v) is 4.59. The van der Waals surface area contributed by atoms with Gasteiger partial charge in [-0.15, -0.1) is 5.10 Å². The lowest BCUT2D eigenvalue weighted by atomic mass is 9.80. The van der Waals surface area contributed by atoms with Crippen LogP contribution in [0.4, 0.5) is 4.39 Å². The van der Waals surface area contributed by atoms with E-state index in [2.05, 4.69) is 5.10 Å². The molecule has 0 aliphatic carbocycles. The average molecular weight is 287 g/mol. The number of halogens is 1. The molecule has 106 valence electrons. The molecule has 0 amide bonds. The van der Waals surface area contributed by atoms with E-state index in [0.29, 0.717) is 5.65 Å². The Hall–Kier alpha value is -2.45. The minimum atomic E-state index is -1.73. The summed E-state index contributed by atoms with van der Waals surface area (Å²) < 4.78 is 16.4. The second-order valence-electron chi connectivity index (χ2n) is 4.59. The number of benzene rings is 1. The summed E-state index contributed by atoms with van der Waals surface area (Å²) in [5.41, 5.74) is 0.407. The first kappa shape index (κ1) is 13.5. The van der Waals surface area contributed by atoms with Crippen LogP contribution >= 0.6 is 0 Å². The SMILES string of the molecule is O=c1n(Cc2ccc(B(O)O)cc2F)nc2ccccn12. The van der Waals surface area contributed by atoms with Crippen molar-refractivity contribution in [1.29, 1.82) is 0 Å². The quantitative estimate of drug-likeness (QED) is 0.628. The third-order valence-electron chi connectivity index (χ3n) is 3.18. The summed E-state index contributed by atoms with van der Waals surface area (Å²) in [5, 5.41) is 22.1. The third-order valence-corrected chi connectivity index (χ3v) is 3.18. The first-order valence-corrected chi connectivity index (χ1v) is 6.25. The Morgan fingerprint density at radius 1 is 1.24 bits per heavy atom. The molecule has 0 aliphatic rings. The van der Waals surface area contributed by atoms with Crippen LogP contribution in [0.1, 0.15) is 5.56 Å². The maximum atomic E-state index is 13.9. The minimum Gasteiger partial charge on any atom is -0.423 e. The van der Waals surface area contributed by atoms with Gasteiger partial charge in [0.2, 0.25) is 0 Å². The van der Waals surface area contributed by atoms with Gasteiger partial charge in [-0.25, -0.2) is 13.9 Å². The number of pyridine rings is 1. The van der Waals surface area contributed by atoms with Crippen LogP contribution in [0.15, 0.2) is 47.4 Å². The Kier molecular flexibility index (Phi) is 3.32. The zero-order valence-corrected chi connectivity index (χ0v) is 10.8. The largest absolute Gasteiger partial charge is 0.488 e. The smallest absolute Gasteiger partial charge is 0.423 e. The van der Waals surface area contributed by atoms with Crippen LogP contribution in [-0.4, -0.2) is 31.3 Å². The predicted octanol–water partition coefficient (Wildman–Crippen LogP) is -0.637. The maximum Gasteiger partial charge on any atom is 0.488 e. The third kappa shape index (κ3) is 2.46. The molecule has 6 nitrogen and oxygen atoms in total. The highest BCUT2D eigenvalue weighted by atomic mass is 19.1. The number of hydrogen-bond acceptors (Lipinski definition) is 4. The molecular weight excluding hydrogens is 276 g/mol. The van der Waals surface area contributed by atoms with Crippen LogP contribution in [-0.2, 0) is 6.54 Å². The van der Waals surface area contributed by atoms with Gasteiger partial charge in [-0.3, -0.25) is 4.40 Å². The normalized spacial score (nSPS) is 11.0. The number of hydrogen-bond donors (Lipinski definition) is 2. The highest BCUT2D eigenvalue weighted by molar-refractivity contribution is 6.58. The lowest BCUT2D eigenvalue weighted by Gasteiger charge is -2.05. The van der Waals surface area contributed by atoms with E-state index < -0.39 is 12.9 Å². The van der Waals surface area contributed by atoms with Gasteiger partial charge in [0.25, 0.3) is 0 Å². The zero-order chi connectivity index (χ0) is 15.0. The van der Waals surface area contributed by atoms with Gasteiger partial charge in [-0.1, -0.05) is 18.2 Å². The number of nitrogens with zero attached hydrogens (tertiary/aromatic N) is 3. The molecule has 0 bridgehead atoms. The monoisotopic (exact) mass is 287 g/mol. The summed E-state index contributed by atoms with van der Waals surface area (Å²) in [6.45, 7) is -0.0336. The highest BCUT2D eigenvalue weighted by Gasteiger charge is 2.15. The molecule has 2 N–H and O–H groups in total. The van der Waals surface area contributed by atoms with Crippen LogP contribution in [0.25, 0.3) is 5.65 Å². The van der Waals surface area contributed by atoms with Crippen molar-refractivity contribution in [2.24, 2.45) is 0 Å². The van der Waals surface area contributed by atoms with E-state index >= 15 is 0 Å². The number of aromatic nitrogens is 3. The zero-order valence-electron chi connectivity index (χ0n) is 10.8. The fraction of sp³-hybridized carbons (Fsp3) is 0.0769. The lowest BCUT2D eigenvalue weighted by molar-refractivity contribution is 0.425. The fourth-order valence-corrected chi connectivity index (χ4v) is 2.08. The number of fused-ring (bicyclic) bond motifs is 1. The van der Waals surface area contributed by atoms with E-state index in [0.717, 1.165) is 10.7 Å². The molecule has 3 rings (SSSR count). The minimum absolute atomic E-state index is 0.0336. The van der Waals surface area contributed by atoms with Gasteiger partial charge in [0.15, 0.2) is 5.65 Å². The molecule has 0 spiro atoms. The summed E-state index contributed by atoms with van der Waals surface area (Å²) in [6, 6.07) is 8.97. The van der Waals surface area contributed by atoms with Crippen molar-refractivity contribution >= 4 is 18.2 Å². The molecule has 3 aromatic rings. The summed E-state index contributed by atoms with van der Waals surface area (Å²) in [7, 11) is -1.73. The van der Waals surface area contributed by atoms with E-state index in [1.807, 2.05) is 0 Å². The van der Waals surface area contributed by atoms with Gasteiger partial charge < -0.3 is 10.0 Å². The van der Waals surface area contributed by atoms with Crippen molar-refractivity contribution in [2.75, 3.05) is 0 Å². The molecule has 0 fully saturated rings. The van der Waals surface area contributed by atoms with Gasteiger partial charge in [0.1, 0.15) is 5.82 Å². The summed E-state index contributed by atoms with van der Waals surface area (Å²) in [4.78, 5) is 12.1. The Morgan fingerprint density at radius 2 is 2.05 bits per heavy atom. The van der Waals surface area contributed by atoms with Crippen LogP contribution in [0, 0.1) is 5.82 Å². The van der Waals surface area contributed by atoms with E-state index in [9.17, 15) is 9.18 Å². The van der Waals surface area contributed by atoms with Crippen molar-refractivity contribution in [3.63, 3.8) is 0 Å². The predicted molar refractivity (Wildman–Crippen MR) is 74.8 cm³/mol. The molecule has 2 heterocycles. The van der Waals surface area contributed by atoms with E-state index in [1.54, 1.807) is 24.4 Å². The molecule has 8 heteroatoms. The molecule has 0 saturated carbocycles. The summed E-state index contributed by atoms with van der Waals surface area (Å²) in [6.07, 6.45) is 1.59. The molecule has 0 atom stereocenters. The number of rotatable bonds is 3.